The van der Waals surface area contributed by atoms with Crippen molar-refractivity contribution in [1.82, 2.24) is 24.8 Å². The van der Waals surface area contributed by atoms with Crippen molar-refractivity contribution >= 4 is 28.9 Å². The van der Waals surface area contributed by atoms with Gasteiger partial charge in [-0.25, -0.2) is 0 Å². The summed E-state index contributed by atoms with van der Waals surface area (Å²) < 4.78 is 2.32. The maximum Gasteiger partial charge on any atom is 0.226 e. The lowest BCUT2D eigenvalue weighted by Crippen LogP contribution is -2.33. The number of pyridine rings is 2. The standard InChI is InChI=1S/C31H34N6OS/c1-4-24-11-5-6-12-26(24)34-28(38)14-17-36-30(29(35-31(36)39)27-13-7-8-16-33-27)25-18-21(2)37(22(25)3)20-23-10-9-15-32-19-23/h5-13,15-16,18-19,29-30H,4,14,17,20H2,1-3H3,(H,34,38)(H,35,39). The van der Waals surface area contributed by atoms with E-state index in [1.807, 2.05) is 60.9 Å². The fourth-order valence-corrected chi connectivity index (χ4v) is 5.75. The van der Waals surface area contributed by atoms with Crippen LogP contribution in [-0.2, 0) is 17.8 Å². The molecule has 0 aliphatic carbocycles. The first-order valence-electron chi connectivity index (χ1n) is 13.4. The molecule has 2 atom stereocenters. The molecule has 1 fully saturated rings. The van der Waals surface area contributed by atoms with Crippen LogP contribution in [0.2, 0.25) is 0 Å². The van der Waals surface area contributed by atoms with E-state index in [0.717, 1.165) is 41.2 Å². The van der Waals surface area contributed by atoms with Gasteiger partial charge in [0.15, 0.2) is 5.11 Å². The minimum atomic E-state index is -0.130. The van der Waals surface area contributed by atoms with E-state index < -0.39 is 0 Å². The molecular formula is C31H34N6OS. The molecule has 4 aromatic rings. The first-order chi connectivity index (χ1) is 19.0. The number of amides is 1. The topological polar surface area (TPSA) is 75.1 Å². The average Bonchev–Trinajstić information content (AvgIpc) is 3.43. The molecule has 0 bridgehead atoms. The van der Waals surface area contributed by atoms with Crippen molar-refractivity contribution in [1.29, 1.82) is 0 Å². The van der Waals surface area contributed by atoms with Gasteiger partial charge in [-0.15, -0.1) is 0 Å². The van der Waals surface area contributed by atoms with Crippen LogP contribution in [-0.4, -0.2) is 37.0 Å². The minimum absolute atomic E-state index is 0.0270. The second-order valence-corrected chi connectivity index (χ2v) is 10.3. The summed E-state index contributed by atoms with van der Waals surface area (Å²) in [5.41, 5.74) is 7.57. The van der Waals surface area contributed by atoms with E-state index in [1.165, 1.54) is 11.3 Å². The van der Waals surface area contributed by atoms with Crippen LogP contribution in [0.15, 0.2) is 79.3 Å². The molecule has 0 spiro atoms. The van der Waals surface area contributed by atoms with Gasteiger partial charge in [0.25, 0.3) is 0 Å². The predicted octanol–water partition coefficient (Wildman–Crippen LogP) is 5.51. The first-order valence-corrected chi connectivity index (χ1v) is 13.8. The molecule has 200 valence electrons. The van der Waals surface area contributed by atoms with E-state index in [4.69, 9.17) is 12.2 Å². The molecule has 3 aromatic heterocycles. The molecule has 1 amide bonds. The second kappa shape index (κ2) is 11.8. The van der Waals surface area contributed by atoms with Crippen molar-refractivity contribution in [3.63, 3.8) is 0 Å². The number of benzene rings is 1. The van der Waals surface area contributed by atoms with Crippen LogP contribution in [0, 0.1) is 13.8 Å². The van der Waals surface area contributed by atoms with E-state index in [1.54, 1.807) is 6.20 Å². The molecule has 0 radical (unpaired) electrons. The molecule has 2 N–H and O–H groups in total. The molecule has 8 heteroatoms. The van der Waals surface area contributed by atoms with Gasteiger partial charge in [0.1, 0.15) is 0 Å². The highest BCUT2D eigenvalue weighted by Crippen LogP contribution is 2.41. The summed E-state index contributed by atoms with van der Waals surface area (Å²) >= 11 is 5.84. The SMILES string of the molecule is CCc1ccccc1NC(=O)CCN1C(=S)NC(c2ccccn2)C1c1cc(C)n(Cc2cccnc2)c1C. The molecule has 1 aliphatic rings. The van der Waals surface area contributed by atoms with E-state index in [9.17, 15) is 4.79 Å². The first kappa shape index (κ1) is 26.6. The van der Waals surface area contributed by atoms with Crippen molar-refractivity contribution in [3.8, 4) is 0 Å². The lowest BCUT2D eigenvalue weighted by atomic mass is 9.96. The molecule has 5 rings (SSSR count). The van der Waals surface area contributed by atoms with E-state index in [0.29, 0.717) is 18.1 Å². The lowest BCUT2D eigenvalue weighted by molar-refractivity contribution is -0.116. The second-order valence-electron chi connectivity index (χ2n) is 9.90. The zero-order valence-electron chi connectivity index (χ0n) is 22.6. The highest BCUT2D eigenvalue weighted by molar-refractivity contribution is 7.80. The van der Waals surface area contributed by atoms with Gasteiger partial charge in [0, 0.05) is 55.2 Å². The number of carbonyl (C=O) groups is 1. The predicted molar refractivity (Wildman–Crippen MR) is 158 cm³/mol. The van der Waals surface area contributed by atoms with E-state index >= 15 is 0 Å². The Balaban J connectivity index is 1.43. The maximum atomic E-state index is 13.0. The lowest BCUT2D eigenvalue weighted by Gasteiger charge is -2.28. The Labute approximate surface area is 235 Å². The summed E-state index contributed by atoms with van der Waals surface area (Å²) in [5, 5.41) is 7.24. The van der Waals surface area contributed by atoms with Crippen molar-refractivity contribution in [2.45, 2.75) is 52.2 Å². The van der Waals surface area contributed by atoms with E-state index in [-0.39, 0.29) is 18.0 Å². The number of hydrogen-bond acceptors (Lipinski definition) is 4. The summed E-state index contributed by atoms with van der Waals surface area (Å²) in [7, 11) is 0. The number of aromatic nitrogens is 3. The number of rotatable bonds is 9. The van der Waals surface area contributed by atoms with Gasteiger partial charge in [-0.2, -0.15) is 0 Å². The zero-order chi connectivity index (χ0) is 27.4. The van der Waals surface area contributed by atoms with Gasteiger partial charge >= 0.3 is 0 Å². The fraction of sp³-hybridized carbons (Fsp3) is 0.290. The van der Waals surface area contributed by atoms with Crippen molar-refractivity contribution in [2.24, 2.45) is 0 Å². The summed E-state index contributed by atoms with van der Waals surface area (Å²) in [6, 6.07) is 20.0. The third-order valence-electron chi connectivity index (χ3n) is 7.44. The number of anilines is 1. The molecule has 7 nitrogen and oxygen atoms in total. The van der Waals surface area contributed by atoms with Gasteiger partial charge in [-0.05, 0) is 79.5 Å². The van der Waals surface area contributed by atoms with Gasteiger partial charge in [-0.1, -0.05) is 37.3 Å². The smallest absolute Gasteiger partial charge is 0.226 e. The fourth-order valence-electron chi connectivity index (χ4n) is 5.41. The van der Waals surface area contributed by atoms with Gasteiger partial charge in [0.05, 0.1) is 17.8 Å². The summed E-state index contributed by atoms with van der Waals surface area (Å²) in [4.78, 5) is 24.1. The van der Waals surface area contributed by atoms with Crippen LogP contribution in [0.1, 0.15) is 59.2 Å². The monoisotopic (exact) mass is 538 g/mol. The number of hydrogen-bond donors (Lipinski definition) is 2. The highest BCUT2D eigenvalue weighted by atomic mass is 32.1. The molecule has 0 saturated carbocycles. The Bertz CT molecular complexity index is 1450. The summed E-state index contributed by atoms with van der Waals surface area (Å²) in [6.07, 6.45) is 6.69. The maximum absolute atomic E-state index is 13.0. The highest BCUT2D eigenvalue weighted by Gasteiger charge is 2.41. The third kappa shape index (κ3) is 5.71. The van der Waals surface area contributed by atoms with Gasteiger partial charge < -0.3 is 20.1 Å². The normalized spacial score (nSPS) is 16.8. The quantitative estimate of drug-likeness (QED) is 0.274. The van der Waals surface area contributed by atoms with Crippen LogP contribution in [0.4, 0.5) is 5.69 Å². The van der Waals surface area contributed by atoms with Crippen LogP contribution in [0.25, 0.3) is 0 Å². The molecule has 1 aliphatic heterocycles. The Morgan fingerprint density at radius 1 is 1.08 bits per heavy atom. The molecule has 1 saturated heterocycles. The number of carbonyl (C=O) groups excluding carboxylic acids is 1. The number of nitrogens with zero attached hydrogens (tertiary/aromatic N) is 4. The molecule has 39 heavy (non-hydrogen) atoms. The number of aryl methyl sites for hydroxylation is 2. The van der Waals surface area contributed by atoms with Crippen LogP contribution in [0.5, 0.6) is 0 Å². The Morgan fingerprint density at radius 2 is 1.90 bits per heavy atom. The van der Waals surface area contributed by atoms with Gasteiger partial charge in [-0.3, -0.25) is 14.8 Å². The summed E-state index contributed by atoms with van der Waals surface area (Å²) in [6.45, 7) is 7.61. The van der Waals surface area contributed by atoms with Crippen molar-refractivity contribution in [2.75, 3.05) is 11.9 Å². The number of nitrogens with one attached hydrogen (secondary N) is 2. The molecule has 2 unspecified atom stereocenters. The Kier molecular flexibility index (Phi) is 8.02. The molecular weight excluding hydrogens is 504 g/mol. The molecule has 1 aromatic carbocycles. The van der Waals surface area contributed by atoms with Gasteiger partial charge in [0.2, 0.25) is 5.91 Å². The third-order valence-corrected chi connectivity index (χ3v) is 7.80. The minimum Gasteiger partial charge on any atom is -0.352 e. The summed E-state index contributed by atoms with van der Waals surface area (Å²) in [5.74, 6) is -0.0270. The average molecular weight is 539 g/mol. The van der Waals surface area contributed by atoms with Crippen LogP contribution >= 0.6 is 12.2 Å². The van der Waals surface area contributed by atoms with Crippen LogP contribution in [0.3, 0.4) is 0 Å². The largest absolute Gasteiger partial charge is 0.352 e. The number of para-hydroxylation sites is 1. The Morgan fingerprint density at radius 3 is 2.64 bits per heavy atom. The van der Waals surface area contributed by atoms with Crippen molar-refractivity contribution in [3.05, 3.63) is 113 Å². The van der Waals surface area contributed by atoms with Crippen molar-refractivity contribution < 1.29 is 4.79 Å². The Hall–Kier alpha value is -4.04. The van der Waals surface area contributed by atoms with Crippen LogP contribution < -0.4 is 10.6 Å². The van der Waals surface area contributed by atoms with E-state index in [2.05, 4.69) is 63.0 Å². The number of thiocarbonyl (C=S) groups is 1. The molecule has 4 heterocycles. The zero-order valence-corrected chi connectivity index (χ0v) is 23.4.